The average Bonchev–Trinajstić information content (AvgIpc) is 2.78. The first-order chi connectivity index (χ1) is 8.63. The van der Waals surface area contributed by atoms with Gasteiger partial charge in [-0.15, -0.1) is 0 Å². The number of nitrogens with zero attached hydrogens (tertiary/aromatic N) is 2. The van der Waals surface area contributed by atoms with Crippen LogP contribution in [0.1, 0.15) is 19.9 Å². The second kappa shape index (κ2) is 5.55. The summed E-state index contributed by atoms with van der Waals surface area (Å²) in [5, 5.41) is 0.731. The fraction of sp³-hybridized carbons (Fsp3) is 0.357. The molecule has 0 fully saturated rings. The fourth-order valence-electron chi connectivity index (χ4n) is 2.15. The molecule has 96 valence electrons. The van der Waals surface area contributed by atoms with Crippen molar-refractivity contribution in [2.24, 2.45) is 11.7 Å². The minimum absolute atomic E-state index is 0.251. The Labute approximate surface area is 113 Å². The van der Waals surface area contributed by atoms with Crippen LogP contribution in [0.2, 0.25) is 5.02 Å². The SMILES string of the molecule is CC(C)C(CN)n1cncc1-c1cccc(Cl)c1. The lowest BCUT2D eigenvalue weighted by molar-refractivity contribution is 0.387. The van der Waals surface area contributed by atoms with Gasteiger partial charge in [0.15, 0.2) is 0 Å². The molecule has 0 aliphatic heterocycles. The van der Waals surface area contributed by atoms with E-state index in [1.165, 1.54) is 0 Å². The van der Waals surface area contributed by atoms with Crippen molar-refractivity contribution >= 4 is 11.6 Å². The van der Waals surface area contributed by atoms with Gasteiger partial charge in [-0.25, -0.2) is 4.98 Å². The Bertz CT molecular complexity index is 519. The normalized spacial score (nSPS) is 12.9. The van der Waals surface area contributed by atoms with Gasteiger partial charge >= 0.3 is 0 Å². The highest BCUT2D eigenvalue weighted by atomic mass is 35.5. The second-order valence-corrected chi connectivity index (χ2v) is 5.18. The molecule has 2 aromatic rings. The van der Waals surface area contributed by atoms with Crippen molar-refractivity contribution in [2.75, 3.05) is 6.54 Å². The summed E-state index contributed by atoms with van der Waals surface area (Å²) in [6.45, 7) is 4.93. The summed E-state index contributed by atoms with van der Waals surface area (Å²) in [7, 11) is 0. The van der Waals surface area contributed by atoms with Crippen molar-refractivity contribution in [1.29, 1.82) is 0 Å². The lowest BCUT2D eigenvalue weighted by atomic mass is 10.0. The summed E-state index contributed by atoms with van der Waals surface area (Å²) in [4.78, 5) is 4.24. The van der Waals surface area contributed by atoms with Crippen molar-refractivity contribution in [1.82, 2.24) is 9.55 Å². The molecule has 0 radical (unpaired) electrons. The molecule has 2 rings (SSSR count). The van der Waals surface area contributed by atoms with Gasteiger partial charge in [0.2, 0.25) is 0 Å². The average molecular weight is 264 g/mol. The molecule has 0 saturated heterocycles. The van der Waals surface area contributed by atoms with Gasteiger partial charge in [0.05, 0.1) is 18.2 Å². The first-order valence-corrected chi connectivity index (χ1v) is 6.49. The lowest BCUT2D eigenvalue weighted by Crippen LogP contribution is -2.24. The highest BCUT2D eigenvalue weighted by Crippen LogP contribution is 2.27. The topological polar surface area (TPSA) is 43.8 Å². The zero-order chi connectivity index (χ0) is 13.1. The number of rotatable bonds is 4. The summed E-state index contributed by atoms with van der Waals surface area (Å²) in [5.74, 6) is 0.460. The Hall–Kier alpha value is -1.32. The van der Waals surface area contributed by atoms with Gasteiger partial charge in [0.1, 0.15) is 0 Å². The van der Waals surface area contributed by atoms with E-state index in [4.69, 9.17) is 17.3 Å². The predicted molar refractivity (Wildman–Crippen MR) is 75.6 cm³/mol. The van der Waals surface area contributed by atoms with Crippen molar-refractivity contribution < 1.29 is 0 Å². The first-order valence-electron chi connectivity index (χ1n) is 6.11. The first kappa shape index (κ1) is 13.1. The zero-order valence-electron chi connectivity index (χ0n) is 10.7. The molecule has 0 spiro atoms. The van der Waals surface area contributed by atoms with Crippen LogP contribution in [0, 0.1) is 5.92 Å². The standard InChI is InChI=1S/C14H18ClN3/c1-10(2)13(7-16)18-9-17-8-14(18)11-4-3-5-12(15)6-11/h3-6,8-10,13H,7,16H2,1-2H3. The Morgan fingerprint density at radius 2 is 2.17 bits per heavy atom. The van der Waals surface area contributed by atoms with Crippen LogP contribution < -0.4 is 5.73 Å². The maximum Gasteiger partial charge on any atom is 0.0954 e. The molecular formula is C14H18ClN3. The van der Waals surface area contributed by atoms with Crippen LogP contribution in [0.15, 0.2) is 36.8 Å². The third-order valence-corrected chi connectivity index (χ3v) is 3.39. The largest absolute Gasteiger partial charge is 0.328 e. The highest BCUT2D eigenvalue weighted by Gasteiger charge is 2.17. The minimum atomic E-state index is 0.251. The van der Waals surface area contributed by atoms with Crippen LogP contribution >= 0.6 is 11.6 Å². The summed E-state index contributed by atoms with van der Waals surface area (Å²) >= 11 is 6.04. The van der Waals surface area contributed by atoms with Gasteiger partial charge in [0.25, 0.3) is 0 Å². The Morgan fingerprint density at radius 1 is 1.39 bits per heavy atom. The smallest absolute Gasteiger partial charge is 0.0954 e. The maximum absolute atomic E-state index is 6.04. The van der Waals surface area contributed by atoms with Crippen LogP contribution in [0.5, 0.6) is 0 Å². The van der Waals surface area contributed by atoms with Gasteiger partial charge in [-0.1, -0.05) is 37.6 Å². The van der Waals surface area contributed by atoms with Crippen LogP contribution in [0.25, 0.3) is 11.3 Å². The Balaban J connectivity index is 2.44. The minimum Gasteiger partial charge on any atom is -0.328 e. The molecule has 1 unspecified atom stereocenters. The molecule has 1 heterocycles. The predicted octanol–water partition coefficient (Wildman–Crippen LogP) is 3.36. The number of benzene rings is 1. The van der Waals surface area contributed by atoms with Crippen molar-refractivity contribution in [3.8, 4) is 11.3 Å². The van der Waals surface area contributed by atoms with Crippen LogP contribution in [0.3, 0.4) is 0 Å². The summed E-state index contributed by atoms with van der Waals surface area (Å²) in [6.07, 6.45) is 3.70. The van der Waals surface area contributed by atoms with Crippen molar-refractivity contribution in [3.63, 3.8) is 0 Å². The molecule has 1 atom stereocenters. The molecule has 0 aliphatic carbocycles. The molecule has 0 bridgehead atoms. The molecule has 0 amide bonds. The van der Waals surface area contributed by atoms with Gasteiger partial charge in [-0.05, 0) is 18.1 Å². The molecule has 1 aromatic heterocycles. The van der Waals surface area contributed by atoms with E-state index < -0.39 is 0 Å². The lowest BCUT2D eigenvalue weighted by Gasteiger charge is -2.23. The van der Waals surface area contributed by atoms with Gasteiger partial charge in [-0.2, -0.15) is 0 Å². The van der Waals surface area contributed by atoms with E-state index in [-0.39, 0.29) is 6.04 Å². The number of halogens is 1. The molecule has 2 N–H and O–H groups in total. The maximum atomic E-state index is 6.04. The van der Waals surface area contributed by atoms with E-state index in [1.807, 2.05) is 36.8 Å². The molecule has 3 nitrogen and oxygen atoms in total. The van der Waals surface area contributed by atoms with Gasteiger partial charge in [-0.3, -0.25) is 0 Å². The molecule has 18 heavy (non-hydrogen) atoms. The second-order valence-electron chi connectivity index (χ2n) is 4.74. The van der Waals surface area contributed by atoms with Crippen LogP contribution in [-0.4, -0.2) is 16.1 Å². The summed E-state index contributed by atoms with van der Waals surface area (Å²) in [5.41, 5.74) is 7.99. The monoisotopic (exact) mass is 263 g/mol. The number of hydrogen-bond acceptors (Lipinski definition) is 2. The number of hydrogen-bond donors (Lipinski definition) is 1. The number of aromatic nitrogens is 2. The highest BCUT2D eigenvalue weighted by molar-refractivity contribution is 6.30. The number of imidazole rings is 1. The Morgan fingerprint density at radius 3 is 2.78 bits per heavy atom. The van der Waals surface area contributed by atoms with E-state index in [1.54, 1.807) is 0 Å². The zero-order valence-corrected chi connectivity index (χ0v) is 11.4. The van der Waals surface area contributed by atoms with Crippen LogP contribution in [-0.2, 0) is 0 Å². The van der Waals surface area contributed by atoms with E-state index in [0.717, 1.165) is 16.3 Å². The molecule has 0 aliphatic rings. The number of nitrogens with two attached hydrogens (primary N) is 1. The molecule has 4 heteroatoms. The van der Waals surface area contributed by atoms with E-state index in [9.17, 15) is 0 Å². The quantitative estimate of drug-likeness (QED) is 0.919. The van der Waals surface area contributed by atoms with Crippen molar-refractivity contribution in [3.05, 3.63) is 41.8 Å². The van der Waals surface area contributed by atoms with E-state index >= 15 is 0 Å². The van der Waals surface area contributed by atoms with Crippen molar-refractivity contribution in [2.45, 2.75) is 19.9 Å². The fourth-order valence-corrected chi connectivity index (χ4v) is 2.34. The molecule has 1 aromatic carbocycles. The molecule has 0 saturated carbocycles. The summed E-state index contributed by atoms with van der Waals surface area (Å²) < 4.78 is 2.14. The Kier molecular flexibility index (Phi) is 4.04. The van der Waals surface area contributed by atoms with E-state index in [2.05, 4.69) is 23.4 Å². The van der Waals surface area contributed by atoms with Gasteiger partial charge in [0, 0.05) is 23.2 Å². The van der Waals surface area contributed by atoms with Gasteiger partial charge < -0.3 is 10.3 Å². The molecular weight excluding hydrogens is 246 g/mol. The van der Waals surface area contributed by atoms with Crippen LogP contribution in [0.4, 0.5) is 0 Å². The third-order valence-electron chi connectivity index (χ3n) is 3.15. The van der Waals surface area contributed by atoms with E-state index in [0.29, 0.717) is 12.5 Å². The summed E-state index contributed by atoms with van der Waals surface area (Å²) in [6, 6.07) is 8.05. The third kappa shape index (κ3) is 2.57.